The zero-order valence-corrected chi connectivity index (χ0v) is 16.1. The van der Waals surface area contributed by atoms with E-state index in [2.05, 4.69) is 10.6 Å². The quantitative estimate of drug-likeness (QED) is 0.518. The molecule has 2 unspecified atom stereocenters. The van der Waals surface area contributed by atoms with Crippen molar-refractivity contribution in [1.82, 2.24) is 10.6 Å². The third kappa shape index (κ3) is 9.08. The molecule has 0 saturated heterocycles. The monoisotopic (exact) mass is 378 g/mol. The summed E-state index contributed by atoms with van der Waals surface area (Å²) in [6.07, 6.45) is 3.19. The Morgan fingerprint density at radius 1 is 0.963 bits per heavy atom. The van der Waals surface area contributed by atoms with Crippen LogP contribution in [0.15, 0.2) is 30.3 Å². The number of aliphatic carboxylic acids is 1. The van der Waals surface area contributed by atoms with Crippen molar-refractivity contribution >= 4 is 18.0 Å². The first-order valence-electron chi connectivity index (χ1n) is 9.48. The first kappa shape index (κ1) is 22.5. The van der Waals surface area contributed by atoms with E-state index in [1.54, 1.807) is 0 Å². The summed E-state index contributed by atoms with van der Waals surface area (Å²) in [5.74, 6) is -1.57. The normalized spacial score (nSPS) is 12.7. The molecule has 2 atom stereocenters. The number of hydrogen-bond donors (Lipinski definition) is 3. The van der Waals surface area contributed by atoms with Crippen LogP contribution in [0.25, 0.3) is 0 Å². The van der Waals surface area contributed by atoms with Crippen molar-refractivity contribution in [1.29, 1.82) is 0 Å². The van der Waals surface area contributed by atoms with Gasteiger partial charge in [0.1, 0.15) is 18.7 Å². The van der Waals surface area contributed by atoms with E-state index in [-0.39, 0.29) is 6.61 Å². The van der Waals surface area contributed by atoms with Gasteiger partial charge < -0.3 is 20.5 Å². The second-order valence-corrected chi connectivity index (χ2v) is 6.44. The van der Waals surface area contributed by atoms with E-state index in [9.17, 15) is 19.5 Å². The molecule has 7 heteroatoms. The van der Waals surface area contributed by atoms with Crippen molar-refractivity contribution in [2.75, 3.05) is 0 Å². The van der Waals surface area contributed by atoms with E-state index in [0.29, 0.717) is 19.3 Å². The van der Waals surface area contributed by atoms with Crippen LogP contribution in [0.4, 0.5) is 4.79 Å². The average Bonchev–Trinajstić information content (AvgIpc) is 2.67. The second kappa shape index (κ2) is 12.7. The Hall–Kier alpha value is -2.57. The number of carboxylic acid groups (broad SMARTS) is 1. The van der Waals surface area contributed by atoms with Crippen LogP contribution in [-0.4, -0.2) is 35.2 Å². The standard InChI is InChI=1S/C20H30N2O5/c1-3-5-12-16(18(23)21-17(19(24)25)13-6-4-2)22-20(26)27-14-15-10-8-7-9-11-15/h7-11,16-17H,3-6,12-14H2,1-2H3,(H,21,23)(H,22,26)(H,24,25). The highest BCUT2D eigenvalue weighted by atomic mass is 16.5. The smallest absolute Gasteiger partial charge is 0.408 e. The van der Waals surface area contributed by atoms with Gasteiger partial charge >= 0.3 is 12.1 Å². The maximum Gasteiger partial charge on any atom is 0.408 e. The van der Waals surface area contributed by atoms with E-state index in [0.717, 1.165) is 24.8 Å². The molecule has 0 aliphatic carbocycles. The highest BCUT2D eigenvalue weighted by Crippen LogP contribution is 2.06. The Kier molecular flexibility index (Phi) is 10.6. The highest BCUT2D eigenvalue weighted by molar-refractivity contribution is 5.89. The van der Waals surface area contributed by atoms with E-state index in [4.69, 9.17) is 4.74 Å². The molecule has 0 fully saturated rings. The Morgan fingerprint density at radius 3 is 2.11 bits per heavy atom. The number of carbonyl (C=O) groups excluding carboxylic acids is 2. The number of carboxylic acids is 1. The molecule has 7 nitrogen and oxygen atoms in total. The van der Waals surface area contributed by atoms with Gasteiger partial charge in [0.05, 0.1) is 0 Å². The van der Waals surface area contributed by atoms with Gasteiger partial charge in [-0.1, -0.05) is 69.9 Å². The highest BCUT2D eigenvalue weighted by Gasteiger charge is 2.26. The van der Waals surface area contributed by atoms with Crippen LogP contribution in [0.1, 0.15) is 57.9 Å². The van der Waals surface area contributed by atoms with Gasteiger partial charge in [0, 0.05) is 0 Å². The van der Waals surface area contributed by atoms with Gasteiger partial charge in [-0.2, -0.15) is 0 Å². The van der Waals surface area contributed by atoms with Crippen molar-refractivity contribution in [3.63, 3.8) is 0 Å². The zero-order valence-electron chi connectivity index (χ0n) is 16.1. The van der Waals surface area contributed by atoms with Gasteiger partial charge in [-0.15, -0.1) is 0 Å². The molecule has 3 N–H and O–H groups in total. The summed E-state index contributed by atoms with van der Waals surface area (Å²) in [5, 5.41) is 14.4. The van der Waals surface area contributed by atoms with Crippen LogP contribution in [0.2, 0.25) is 0 Å². The van der Waals surface area contributed by atoms with E-state index < -0.39 is 30.1 Å². The molecular weight excluding hydrogens is 348 g/mol. The SMILES string of the molecule is CCCCC(NC(=O)C(CCCC)NC(=O)OCc1ccccc1)C(=O)O. The summed E-state index contributed by atoms with van der Waals surface area (Å²) >= 11 is 0. The lowest BCUT2D eigenvalue weighted by atomic mass is 10.1. The Bertz CT molecular complexity index is 591. The molecule has 27 heavy (non-hydrogen) atoms. The Balaban J connectivity index is 2.62. The predicted molar refractivity (Wildman–Crippen MR) is 102 cm³/mol. The van der Waals surface area contributed by atoms with E-state index in [1.807, 2.05) is 44.2 Å². The molecular formula is C20H30N2O5. The molecule has 1 aromatic rings. The summed E-state index contributed by atoms with van der Waals surface area (Å²) in [6, 6.07) is 7.44. The molecule has 150 valence electrons. The number of benzene rings is 1. The van der Waals surface area contributed by atoms with E-state index in [1.165, 1.54) is 0 Å². The second-order valence-electron chi connectivity index (χ2n) is 6.44. The third-order valence-electron chi connectivity index (χ3n) is 4.13. The maximum atomic E-state index is 12.5. The minimum Gasteiger partial charge on any atom is -0.480 e. The number of ether oxygens (including phenoxy) is 1. The van der Waals surface area contributed by atoms with Crippen LogP contribution in [0.5, 0.6) is 0 Å². The van der Waals surface area contributed by atoms with Crippen LogP contribution in [0.3, 0.4) is 0 Å². The largest absolute Gasteiger partial charge is 0.480 e. The Labute approximate surface area is 160 Å². The number of carbonyl (C=O) groups is 3. The average molecular weight is 378 g/mol. The van der Waals surface area contributed by atoms with Crippen molar-refractivity contribution in [2.24, 2.45) is 0 Å². The minimum absolute atomic E-state index is 0.100. The lowest BCUT2D eigenvalue weighted by molar-refractivity contribution is -0.142. The Morgan fingerprint density at radius 2 is 1.56 bits per heavy atom. The zero-order chi connectivity index (χ0) is 20.1. The molecule has 0 heterocycles. The topological polar surface area (TPSA) is 105 Å². The molecule has 0 aliphatic rings. The van der Waals surface area contributed by atoms with Crippen LogP contribution in [0, 0.1) is 0 Å². The molecule has 0 spiro atoms. The first-order chi connectivity index (χ1) is 13.0. The summed E-state index contributed by atoms with van der Waals surface area (Å²) in [7, 11) is 0. The fraction of sp³-hybridized carbons (Fsp3) is 0.550. The molecule has 0 bridgehead atoms. The van der Waals surface area contributed by atoms with Crippen molar-refractivity contribution in [3.8, 4) is 0 Å². The molecule has 1 rings (SSSR count). The van der Waals surface area contributed by atoms with Crippen LogP contribution >= 0.6 is 0 Å². The third-order valence-corrected chi connectivity index (χ3v) is 4.13. The number of hydrogen-bond acceptors (Lipinski definition) is 4. The number of amides is 2. The molecule has 2 amide bonds. The van der Waals surface area contributed by atoms with Gasteiger partial charge in [0.2, 0.25) is 5.91 Å². The molecule has 0 aliphatic heterocycles. The molecule has 0 radical (unpaired) electrons. The fourth-order valence-electron chi connectivity index (χ4n) is 2.52. The minimum atomic E-state index is -1.07. The molecule has 1 aromatic carbocycles. The fourth-order valence-corrected chi connectivity index (χ4v) is 2.52. The molecule has 0 saturated carbocycles. The summed E-state index contributed by atoms with van der Waals surface area (Å²) in [4.78, 5) is 35.9. The number of nitrogens with one attached hydrogen (secondary N) is 2. The van der Waals surface area contributed by atoms with Gasteiger partial charge in [-0.3, -0.25) is 4.79 Å². The van der Waals surface area contributed by atoms with Crippen molar-refractivity contribution < 1.29 is 24.2 Å². The van der Waals surface area contributed by atoms with Gasteiger partial charge in [-0.25, -0.2) is 9.59 Å². The lowest BCUT2D eigenvalue weighted by Gasteiger charge is -2.21. The number of alkyl carbamates (subject to hydrolysis) is 1. The van der Waals surface area contributed by atoms with Gasteiger partial charge in [-0.05, 0) is 18.4 Å². The van der Waals surface area contributed by atoms with Gasteiger partial charge in [0.15, 0.2) is 0 Å². The summed E-state index contributed by atoms with van der Waals surface area (Å²) in [6.45, 7) is 4.03. The first-order valence-corrected chi connectivity index (χ1v) is 9.48. The predicted octanol–water partition coefficient (Wildman–Crippen LogP) is 3.23. The van der Waals surface area contributed by atoms with Crippen LogP contribution in [-0.2, 0) is 20.9 Å². The van der Waals surface area contributed by atoms with Crippen molar-refractivity contribution in [3.05, 3.63) is 35.9 Å². The number of unbranched alkanes of at least 4 members (excludes halogenated alkanes) is 2. The van der Waals surface area contributed by atoms with Gasteiger partial charge in [0.25, 0.3) is 0 Å². The summed E-state index contributed by atoms with van der Waals surface area (Å²) in [5.41, 5.74) is 0.840. The lowest BCUT2D eigenvalue weighted by Crippen LogP contribution is -2.51. The summed E-state index contributed by atoms with van der Waals surface area (Å²) < 4.78 is 5.16. The number of rotatable bonds is 12. The molecule has 0 aromatic heterocycles. The van der Waals surface area contributed by atoms with Crippen LogP contribution < -0.4 is 10.6 Å². The van der Waals surface area contributed by atoms with Crippen molar-refractivity contribution in [2.45, 2.75) is 71.1 Å². The van der Waals surface area contributed by atoms with E-state index >= 15 is 0 Å². The maximum absolute atomic E-state index is 12.5.